The van der Waals surface area contributed by atoms with Gasteiger partial charge < -0.3 is 4.74 Å². The number of carbonyl (C=O) groups is 1. The van der Waals surface area contributed by atoms with Crippen LogP contribution in [0.2, 0.25) is 0 Å². The average molecular weight is 325 g/mol. The Labute approximate surface area is 128 Å². The summed E-state index contributed by atoms with van der Waals surface area (Å²) in [7, 11) is -3.63. The van der Waals surface area contributed by atoms with Crippen LogP contribution in [0.15, 0.2) is 24.3 Å². The molecule has 0 bridgehead atoms. The number of rotatable bonds is 5. The summed E-state index contributed by atoms with van der Waals surface area (Å²) >= 11 is 0. The average Bonchev–Trinajstić information content (AvgIpc) is 3.20. The summed E-state index contributed by atoms with van der Waals surface area (Å²) in [6.07, 6.45) is 0. The Bertz CT molecular complexity index is 723. The molecule has 0 spiro atoms. The first-order valence-electron chi connectivity index (χ1n) is 6.90. The van der Waals surface area contributed by atoms with E-state index in [1.165, 1.54) is 31.2 Å². The summed E-state index contributed by atoms with van der Waals surface area (Å²) in [6.45, 7) is 3.10. The third kappa shape index (κ3) is 2.37. The lowest BCUT2D eigenvalue weighted by atomic mass is 10.0. The van der Waals surface area contributed by atoms with Crippen molar-refractivity contribution in [1.29, 1.82) is 5.26 Å². The van der Waals surface area contributed by atoms with Crippen molar-refractivity contribution in [3.8, 4) is 6.07 Å². The maximum atomic E-state index is 13.0. The topological polar surface area (TPSA) is 84.2 Å². The quantitative estimate of drug-likeness (QED) is 0.771. The molecule has 0 amide bonds. The van der Waals surface area contributed by atoms with Crippen LogP contribution in [0.1, 0.15) is 25.3 Å². The maximum absolute atomic E-state index is 13.0. The van der Waals surface area contributed by atoms with Gasteiger partial charge in [-0.15, -0.1) is 0 Å². The molecule has 0 radical (unpaired) electrons. The minimum Gasteiger partial charge on any atom is -0.465 e. The molecule has 0 heterocycles. The fourth-order valence-corrected chi connectivity index (χ4v) is 4.74. The van der Waals surface area contributed by atoms with Gasteiger partial charge in [0.05, 0.1) is 12.7 Å². The van der Waals surface area contributed by atoms with E-state index in [1.807, 2.05) is 6.07 Å². The van der Waals surface area contributed by atoms with Crippen molar-refractivity contribution in [3.63, 3.8) is 0 Å². The first kappa shape index (κ1) is 16.4. The van der Waals surface area contributed by atoms with Gasteiger partial charge in [-0.25, -0.2) is 12.8 Å². The second kappa shape index (κ2) is 5.69. The molecule has 0 N–H and O–H groups in total. The van der Waals surface area contributed by atoms with E-state index in [-0.39, 0.29) is 12.4 Å². The van der Waals surface area contributed by atoms with Crippen molar-refractivity contribution in [3.05, 3.63) is 35.6 Å². The molecule has 5 nitrogen and oxygen atoms in total. The summed E-state index contributed by atoms with van der Waals surface area (Å²) in [4.78, 5) is 12.2. The minimum atomic E-state index is -3.63. The van der Waals surface area contributed by atoms with Gasteiger partial charge in [-0.1, -0.05) is 19.1 Å². The van der Waals surface area contributed by atoms with E-state index in [0.717, 1.165) is 0 Å². The van der Waals surface area contributed by atoms with E-state index in [4.69, 9.17) is 4.74 Å². The molecular weight excluding hydrogens is 309 g/mol. The molecule has 0 aromatic heterocycles. The third-order valence-corrected chi connectivity index (χ3v) is 6.17. The normalized spacial score (nSPS) is 27.0. The fraction of sp³-hybridized carbons (Fsp3) is 0.467. The Morgan fingerprint density at radius 3 is 2.41 bits per heavy atom. The number of esters is 1. The van der Waals surface area contributed by atoms with Crippen molar-refractivity contribution in [2.45, 2.75) is 25.0 Å². The fourth-order valence-electron chi connectivity index (χ4n) is 2.81. The number of halogens is 1. The summed E-state index contributed by atoms with van der Waals surface area (Å²) in [5.74, 6) is -2.33. The number of sulfone groups is 1. The van der Waals surface area contributed by atoms with E-state index in [9.17, 15) is 22.9 Å². The molecule has 0 saturated heterocycles. The lowest BCUT2D eigenvalue weighted by Crippen LogP contribution is -2.26. The summed E-state index contributed by atoms with van der Waals surface area (Å²) in [5, 5.41) is 8.33. The van der Waals surface area contributed by atoms with Crippen LogP contribution in [0.4, 0.5) is 4.39 Å². The standard InChI is InChI=1S/C15H16FNO4S/c1-3-21-14(18)15(9-17)12(13(15)22(19,20)4-2)10-5-7-11(16)8-6-10/h5-8,12-13H,3-4H2,1-2H3/t12-,13+,15-/m1/s1. The van der Waals surface area contributed by atoms with Crippen LogP contribution >= 0.6 is 0 Å². The van der Waals surface area contributed by atoms with Gasteiger partial charge >= 0.3 is 5.97 Å². The largest absolute Gasteiger partial charge is 0.465 e. The Hall–Kier alpha value is -1.94. The number of hydrogen-bond donors (Lipinski definition) is 0. The lowest BCUT2D eigenvalue weighted by molar-refractivity contribution is -0.147. The van der Waals surface area contributed by atoms with Crippen LogP contribution in [-0.2, 0) is 19.4 Å². The molecule has 2 rings (SSSR count). The second-order valence-corrected chi connectivity index (χ2v) is 7.51. The Morgan fingerprint density at radius 1 is 1.36 bits per heavy atom. The van der Waals surface area contributed by atoms with Gasteiger partial charge in [0.25, 0.3) is 0 Å². The van der Waals surface area contributed by atoms with Crippen LogP contribution < -0.4 is 0 Å². The number of benzene rings is 1. The molecule has 7 heteroatoms. The van der Waals surface area contributed by atoms with Gasteiger partial charge in [-0.2, -0.15) is 5.26 Å². The van der Waals surface area contributed by atoms with E-state index < -0.39 is 38.2 Å². The number of nitriles is 1. The number of nitrogens with zero attached hydrogens (tertiary/aromatic N) is 1. The molecule has 1 aliphatic carbocycles. The number of ether oxygens (including phenoxy) is 1. The first-order chi connectivity index (χ1) is 10.3. The molecule has 1 aromatic carbocycles. The number of hydrogen-bond acceptors (Lipinski definition) is 5. The zero-order chi connectivity index (χ0) is 16.5. The van der Waals surface area contributed by atoms with Crippen molar-refractivity contribution in [2.75, 3.05) is 12.4 Å². The first-order valence-corrected chi connectivity index (χ1v) is 8.62. The molecule has 1 saturated carbocycles. The third-order valence-electron chi connectivity index (χ3n) is 3.95. The van der Waals surface area contributed by atoms with Gasteiger partial charge in [0.1, 0.15) is 11.1 Å². The van der Waals surface area contributed by atoms with E-state index >= 15 is 0 Å². The highest BCUT2D eigenvalue weighted by atomic mass is 32.2. The van der Waals surface area contributed by atoms with Gasteiger partial charge in [0.15, 0.2) is 15.3 Å². The molecule has 1 fully saturated rings. The van der Waals surface area contributed by atoms with Crippen molar-refractivity contribution >= 4 is 15.8 Å². The number of carbonyl (C=O) groups excluding carboxylic acids is 1. The lowest BCUT2D eigenvalue weighted by Gasteiger charge is -2.08. The second-order valence-electron chi connectivity index (χ2n) is 5.10. The molecule has 3 atom stereocenters. The summed E-state index contributed by atoms with van der Waals surface area (Å²) in [6, 6.07) is 7.00. The van der Waals surface area contributed by atoms with Gasteiger partial charge in [-0.3, -0.25) is 4.79 Å². The predicted molar refractivity (Wildman–Crippen MR) is 77.1 cm³/mol. The molecular formula is C15H16FNO4S. The van der Waals surface area contributed by atoms with E-state index in [0.29, 0.717) is 5.56 Å². The van der Waals surface area contributed by atoms with Crippen molar-refractivity contribution in [1.82, 2.24) is 0 Å². The maximum Gasteiger partial charge on any atom is 0.328 e. The molecule has 1 aromatic rings. The zero-order valence-corrected chi connectivity index (χ0v) is 13.1. The summed E-state index contributed by atoms with van der Waals surface area (Å²) < 4.78 is 42.5. The van der Waals surface area contributed by atoms with Crippen LogP contribution in [0, 0.1) is 22.6 Å². The van der Waals surface area contributed by atoms with E-state index in [1.54, 1.807) is 6.92 Å². The Balaban J connectivity index is 2.52. The highest BCUT2D eigenvalue weighted by Crippen LogP contribution is 2.63. The zero-order valence-electron chi connectivity index (χ0n) is 12.2. The highest BCUT2D eigenvalue weighted by molar-refractivity contribution is 7.92. The van der Waals surface area contributed by atoms with Crippen molar-refractivity contribution < 1.29 is 22.3 Å². The highest BCUT2D eigenvalue weighted by Gasteiger charge is 2.77. The van der Waals surface area contributed by atoms with E-state index in [2.05, 4.69) is 0 Å². The molecule has 0 unspecified atom stereocenters. The van der Waals surface area contributed by atoms with Crippen LogP contribution in [0.5, 0.6) is 0 Å². The van der Waals surface area contributed by atoms with Crippen LogP contribution in [-0.4, -0.2) is 32.0 Å². The summed E-state index contributed by atoms with van der Waals surface area (Å²) in [5.41, 5.74) is -1.30. The van der Waals surface area contributed by atoms with Crippen LogP contribution in [0.25, 0.3) is 0 Å². The smallest absolute Gasteiger partial charge is 0.328 e. The van der Waals surface area contributed by atoms with Crippen molar-refractivity contribution in [2.24, 2.45) is 5.41 Å². The molecule has 0 aliphatic heterocycles. The van der Waals surface area contributed by atoms with Gasteiger partial charge in [0, 0.05) is 11.7 Å². The minimum absolute atomic E-state index is 0.0529. The van der Waals surface area contributed by atoms with Gasteiger partial charge in [0.2, 0.25) is 0 Å². The molecule has 22 heavy (non-hydrogen) atoms. The Morgan fingerprint density at radius 2 is 1.95 bits per heavy atom. The molecule has 1 aliphatic rings. The Kier molecular flexibility index (Phi) is 4.25. The monoisotopic (exact) mass is 325 g/mol. The predicted octanol–water partition coefficient (Wildman–Crippen LogP) is 1.80. The van der Waals surface area contributed by atoms with Gasteiger partial charge in [-0.05, 0) is 24.6 Å². The molecule has 118 valence electrons. The SMILES string of the molecule is CCOC(=O)[C@]1(C#N)[C@H](c2ccc(F)cc2)[C@@H]1S(=O)(=O)CC. The van der Waals surface area contributed by atoms with Crippen LogP contribution in [0.3, 0.4) is 0 Å².